The highest BCUT2D eigenvalue weighted by Crippen LogP contribution is 2.20. The molecule has 15 heavy (non-hydrogen) atoms. The van der Waals surface area contributed by atoms with E-state index in [1.165, 1.54) is 38.8 Å². The van der Waals surface area contributed by atoms with Crippen LogP contribution in [0.1, 0.15) is 46.5 Å². The first-order valence-electron chi connectivity index (χ1n) is 6.58. The minimum atomic E-state index is 0.678. The lowest BCUT2D eigenvalue weighted by Gasteiger charge is -2.29. The Kier molecular flexibility index (Phi) is 5.62. The molecule has 0 saturated carbocycles. The zero-order chi connectivity index (χ0) is 11.3. The molecule has 2 nitrogen and oxygen atoms in total. The summed E-state index contributed by atoms with van der Waals surface area (Å²) in [5.74, 6) is 0.796. The van der Waals surface area contributed by atoms with E-state index in [1.807, 2.05) is 0 Å². The Balaban J connectivity index is 2.36. The monoisotopic (exact) mass is 212 g/mol. The van der Waals surface area contributed by atoms with Crippen molar-refractivity contribution in [2.75, 3.05) is 20.1 Å². The van der Waals surface area contributed by atoms with Crippen molar-refractivity contribution >= 4 is 0 Å². The van der Waals surface area contributed by atoms with Gasteiger partial charge in [0.05, 0.1) is 0 Å². The third-order valence-corrected chi connectivity index (χ3v) is 3.59. The molecule has 0 bridgehead atoms. The largest absolute Gasteiger partial charge is 0.316 e. The quantitative estimate of drug-likeness (QED) is 0.728. The fourth-order valence-electron chi connectivity index (χ4n) is 2.73. The SMILES string of the molecule is CC[C@@H]1CCCN1C[C@H](CC(C)C)NC. The van der Waals surface area contributed by atoms with E-state index >= 15 is 0 Å². The minimum absolute atomic E-state index is 0.678. The van der Waals surface area contributed by atoms with Crippen molar-refractivity contribution in [3.8, 4) is 0 Å². The van der Waals surface area contributed by atoms with Crippen LogP contribution in [0.15, 0.2) is 0 Å². The van der Waals surface area contributed by atoms with Crippen LogP contribution in [-0.2, 0) is 0 Å². The number of hydrogen-bond donors (Lipinski definition) is 1. The van der Waals surface area contributed by atoms with Gasteiger partial charge in [0.25, 0.3) is 0 Å². The van der Waals surface area contributed by atoms with Crippen LogP contribution in [0.2, 0.25) is 0 Å². The average molecular weight is 212 g/mol. The Labute approximate surface area is 95.4 Å². The maximum atomic E-state index is 3.46. The second kappa shape index (κ2) is 6.49. The van der Waals surface area contributed by atoms with Crippen LogP contribution < -0.4 is 5.32 Å². The van der Waals surface area contributed by atoms with E-state index in [-0.39, 0.29) is 0 Å². The lowest BCUT2D eigenvalue weighted by Crippen LogP contribution is -2.42. The van der Waals surface area contributed by atoms with Gasteiger partial charge in [-0.25, -0.2) is 0 Å². The Morgan fingerprint density at radius 3 is 2.67 bits per heavy atom. The Morgan fingerprint density at radius 1 is 1.40 bits per heavy atom. The lowest BCUT2D eigenvalue weighted by molar-refractivity contribution is 0.213. The van der Waals surface area contributed by atoms with E-state index in [4.69, 9.17) is 0 Å². The van der Waals surface area contributed by atoms with E-state index < -0.39 is 0 Å². The summed E-state index contributed by atoms with van der Waals surface area (Å²) >= 11 is 0. The molecule has 1 N–H and O–H groups in total. The Hall–Kier alpha value is -0.0800. The summed E-state index contributed by atoms with van der Waals surface area (Å²) < 4.78 is 0. The second-order valence-electron chi connectivity index (χ2n) is 5.31. The van der Waals surface area contributed by atoms with Gasteiger partial charge in [-0.1, -0.05) is 20.8 Å². The van der Waals surface area contributed by atoms with Crippen molar-refractivity contribution in [2.24, 2.45) is 5.92 Å². The molecule has 1 rings (SSSR count). The van der Waals surface area contributed by atoms with Crippen LogP contribution in [-0.4, -0.2) is 37.1 Å². The second-order valence-corrected chi connectivity index (χ2v) is 5.31. The maximum Gasteiger partial charge on any atom is 0.0194 e. The van der Waals surface area contributed by atoms with Crippen LogP contribution in [0, 0.1) is 5.92 Å². The first kappa shape index (κ1) is 13.0. The first-order valence-corrected chi connectivity index (χ1v) is 6.58. The number of likely N-dealkylation sites (tertiary alicyclic amines) is 1. The van der Waals surface area contributed by atoms with Crippen LogP contribution >= 0.6 is 0 Å². The fraction of sp³-hybridized carbons (Fsp3) is 1.00. The van der Waals surface area contributed by atoms with Crippen molar-refractivity contribution in [3.05, 3.63) is 0 Å². The Morgan fingerprint density at radius 2 is 2.13 bits per heavy atom. The molecular weight excluding hydrogens is 184 g/mol. The van der Waals surface area contributed by atoms with Gasteiger partial charge < -0.3 is 5.32 Å². The average Bonchev–Trinajstić information content (AvgIpc) is 2.63. The molecule has 0 unspecified atom stereocenters. The zero-order valence-corrected chi connectivity index (χ0v) is 10.9. The van der Waals surface area contributed by atoms with Crippen molar-refractivity contribution in [3.63, 3.8) is 0 Å². The summed E-state index contributed by atoms with van der Waals surface area (Å²) in [5.41, 5.74) is 0. The van der Waals surface area contributed by atoms with Gasteiger partial charge in [-0.2, -0.15) is 0 Å². The predicted octanol–water partition coefficient (Wildman–Crippen LogP) is 2.49. The third kappa shape index (κ3) is 4.12. The van der Waals surface area contributed by atoms with E-state index in [9.17, 15) is 0 Å². The van der Waals surface area contributed by atoms with Gasteiger partial charge in [-0.05, 0) is 45.2 Å². The molecule has 90 valence electrons. The number of hydrogen-bond acceptors (Lipinski definition) is 2. The highest BCUT2D eigenvalue weighted by Gasteiger charge is 2.24. The molecule has 1 fully saturated rings. The molecule has 0 aliphatic carbocycles. The molecule has 1 aliphatic rings. The van der Waals surface area contributed by atoms with Crippen molar-refractivity contribution in [1.82, 2.24) is 10.2 Å². The predicted molar refractivity (Wildman–Crippen MR) is 67.2 cm³/mol. The topological polar surface area (TPSA) is 15.3 Å². The van der Waals surface area contributed by atoms with Gasteiger partial charge in [0.1, 0.15) is 0 Å². The molecule has 2 atom stereocenters. The molecular formula is C13H28N2. The molecule has 0 aromatic heterocycles. The van der Waals surface area contributed by atoms with Gasteiger partial charge in [0.2, 0.25) is 0 Å². The molecule has 1 heterocycles. The van der Waals surface area contributed by atoms with Crippen LogP contribution in [0.3, 0.4) is 0 Å². The fourth-order valence-corrected chi connectivity index (χ4v) is 2.73. The van der Waals surface area contributed by atoms with Gasteiger partial charge in [-0.15, -0.1) is 0 Å². The van der Waals surface area contributed by atoms with Crippen molar-refractivity contribution < 1.29 is 0 Å². The number of rotatable bonds is 6. The smallest absolute Gasteiger partial charge is 0.0194 e. The van der Waals surface area contributed by atoms with Gasteiger partial charge >= 0.3 is 0 Å². The standard InChI is InChI=1S/C13H28N2/c1-5-13-7-6-8-15(13)10-12(14-4)9-11(2)3/h11-14H,5-10H2,1-4H3/t12-,13+/m0/s1. The summed E-state index contributed by atoms with van der Waals surface area (Å²) in [7, 11) is 2.10. The molecule has 0 radical (unpaired) electrons. The summed E-state index contributed by atoms with van der Waals surface area (Å²) in [6, 6.07) is 1.53. The summed E-state index contributed by atoms with van der Waals surface area (Å²) in [5, 5.41) is 3.46. The third-order valence-electron chi connectivity index (χ3n) is 3.59. The molecule has 0 amide bonds. The van der Waals surface area contributed by atoms with E-state index in [1.54, 1.807) is 0 Å². The summed E-state index contributed by atoms with van der Waals surface area (Å²) in [6.07, 6.45) is 5.42. The van der Waals surface area contributed by atoms with Gasteiger partial charge in [0.15, 0.2) is 0 Å². The lowest BCUT2D eigenvalue weighted by atomic mass is 10.0. The van der Waals surface area contributed by atoms with E-state index in [0.717, 1.165) is 12.0 Å². The Bertz CT molecular complexity index is 168. The number of nitrogens with zero attached hydrogens (tertiary/aromatic N) is 1. The van der Waals surface area contributed by atoms with Gasteiger partial charge in [0, 0.05) is 18.6 Å². The number of nitrogens with one attached hydrogen (secondary N) is 1. The molecule has 0 spiro atoms. The highest BCUT2D eigenvalue weighted by molar-refractivity contribution is 4.82. The van der Waals surface area contributed by atoms with Crippen LogP contribution in [0.25, 0.3) is 0 Å². The summed E-state index contributed by atoms with van der Waals surface area (Å²) in [4.78, 5) is 2.68. The molecule has 0 aromatic carbocycles. The zero-order valence-electron chi connectivity index (χ0n) is 10.9. The highest BCUT2D eigenvalue weighted by atomic mass is 15.2. The van der Waals surface area contributed by atoms with Crippen molar-refractivity contribution in [1.29, 1.82) is 0 Å². The van der Waals surface area contributed by atoms with Crippen LogP contribution in [0.4, 0.5) is 0 Å². The van der Waals surface area contributed by atoms with E-state index in [0.29, 0.717) is 6.04 Å². The molecule has 0 aromatic rings. The molecule has 1 aliphatic heterocycles. The minimum Gasteiger partial charge on any atom is -0.316 e. The first-order chi connectivity index (χ1) is 7.17. The molecule has 2 heteroatoms. The number of likely N-dealkylation sites (N-methyl/N-ethyl adjacent to an activating group) is 1. The van der Waals surface area contributed by atoms with E-state index in [2.05, 4.69) is 38.0 Å². The van der Waals surface area contributed by atoms with Crippen molar-refractivity contribution in [2.45, 2.75) is 58.5 Å². The molecule has 1 saturated heterocycles. The van der Waals surface area contributed by atoms with Crippen LogP contribution in [0.5, 0.6) is 0 Å². The van der Waals surface area contributed by atoms with Gasteiger partial charge in [-0.3, -0.25) is 4.90 Å². The maximum absolute atomic E-state index is 3.46. The summed E-state index contributed by atoms with van der Waals surface area (Å²) in [6.45, 7) is 9.50. The normalized spacial score (nSPS) is 25.0.